The van der Waals surface area contributed by atoms with Crippen molar-refractivity contribution < 1.29 is 13.6 Å². The molecule has 0 aliphatic carbocycles. The topological polar surface area (TPSA) is 63.1 Å². The third kappa shape index (κ3) is 4.03. The van der Waals surface area contributed by atoms with Crippen LogP contribution in [-0.4, -0.2) is 40.0 Å². The average molecular weight is 411 g/mol. The fourth-order valence-corrected chi connectivity index (χ4v) is 3.80. The summed E-state index contributed by atoms with van der Waals surface area (Å²) in [7, 11) is 0. The highest BCUT2D eigenvalue weighted by atomic mass is 19.1. The number of carbonyl (C=O) groups excluding carboxylic acids is 1. The lowest BCUT2D eigenvalue weighted by Gasteiger charge is -2.35. The molecule has 0 radical (unpaired) electrons. The Hall–Kier alpha value is -3.29. The van der Waals surface area contributed by atoms with Crippen LogP contribution in [0.1, 0.15) is 34.6 Å². The molecule has 1 saturated heterocycles. The van der Waals surface area contributed by atoms with Gasteiger partial charge in [0.15, 0.2) is 5.69 Å². The molecule has 1 aliphatic heterocycles. The number of benzene rings is 2. The van der Waals surface area contributed by atoms with E-state index < -0.39 is 0 Å². The van der Waals surface area contributed by atoms with Crippen molar-refractivity contribution in [3.8, 4) is 5.69 Å². The van der Waals surface area contributed by atoms with E-state index in [4.69, 9.17) is 0 Å². The van der Waals surface area contributed by atoms with Crippen LogP contribution in [0.5, 0.6) is 0 Å². The van der Waals surface area contributed by atoms with Gasteiger partial charge in [0.05, 0.1) is 17.1 Å². The van der Waals surface area contributed by atoms with Crippen molar-refractivity contribution in [1.29, 1.82) is 0 Å². The van der Waals surface area contributed by atoms with E-state index in [1.165, 1.54) is 22.9 Å². The first-order chi connectivity index (χ1) is 14.4. The van der Waals surface area contributed by atoms with Gasteiger partial charge in [0.1, 0.15) is 11.6 Å². The van der Waals surface area contributed by atoms with E-state index in [-0.39, 0.29) is 29.3 Å². The van der Waals surface area contributed by atoms with Gasteiger partial charge >= 0.3 is 0 Å². The van der Waals surface area contributed by atoms with E-state index in [1.807, 2.05) is 17.9 Å². The Morgan fingerprint density at radius 2 is 1.90 bits per heavy atom. The summed E-state index contributed by atoms with van der Waals surface area (Å²) in [5.74, 6) is -0.926. The Morgan fingerprint density at radius 3 is 2.67 bits per heavy atom. The molecule has 0 spiro atoms. The minimum Gasteiger partial charge on any atom is -0.367 e. The molecule has 8 heteroatoms. The summed E-state index contributed by atoms with van der Waals surface area (Å²) in [6.45, 7) is 4.94. The third-order valence-electron chi connectivity index (χ3n) is 5.38. The number of anilines is 1. The highest BCUT2D eigenvalue weighted by Crippen LogP contribution is 2.24. The molecule has 2 heterocycles. The summed E-state index contributed by atoms with van der Waals surface area (Å²) in [6.07, 6.45) is 1.65. The van der Waals surface area contributed by atoms with Gasteiger partial charge in [0.2, 0.25) is 0 Å². The minimum absolute atomic E-state index is 0.124. The standard InChI is InChI=1S/C22H23F2N5O/c1-14-5-10-19(24)20(12-14)28-11-3-4-17(13-28)25-22(30)21-15(2)29(27-26-21)18-8-6-16(23)7-9-18/h5-10,12,17H,3-4,11,13H2,1-2H3,(H,25,30). The van der Waals surface area contributed by atoms with Crippen molar-refractivity contribution in [2.75, 3.05) is 18.0 Å². The molecule has 1 N–H and O–H groups in total. The zero-order valence-corrected chi connectivity index (χ0v) is 16.9. The molecule has 1 aromatic heterocycles. The van der Waals surface area contributed by atoms with Gasteiger partial charge < -0.3 is 10.2 Å². The summed E-state index contributed by atoms with van der Waals surface area (Å²) in [4.78, 5) is 14.8. The average Bonchev–Trinajstić information content (AvgIpc) is 3.12. The van der Waals surface area contributed by atoms with E-state index in [0.717, 1.165) is 24.9 Å². The molecule has 30 heavy (non-hydrogen) atoms. The number of hydrogen-bond donors (Lipinski definition) is 1. The van der Waals surface area contributed by atoms with E-state index in [2.05, 4.69) is 15.6 Å². The van der Waals surface area contributed by atoms with Crippen LogP contribution >= 0.6 is 0 Å². The number of nitrogens with zero attached hydrogens (tertiary/aromatic N) is 4. The molecule has 1 amide bonds. The number of aryl methyl sites for hydroxylation is 1. The predicted octanol–water partition coefficient (Wildman–Crippen LogP) is 3.56. The summed E-state index contributed by atoms with van der Waals surface area (Å²) < 4.78 is 28.9. The first-order valence-electron chi connectivity index (χ1n) is 9.92. The fraction of sp³-hybridized carbons (Fsp3) is 0.318. The van der Waals surface area contributed by atoms with Crippen LogP contribution in [0.15, 0.2) is 42.5 Å². The highest BCUT2D eigenvalue weighted by molar-refractivity contribution is 5.93. The Bertz CT molecular complexity index is 1060. The molecule has 0 saturated carbocycles. The Labute approximate surface area is 173 Å². The molecular weight excluding hydrogens is 388 g/mol. The number of hydrogen-bond acceptors (Lipinski definition) is 4. The third-order valence-corrected chi connectivity index (χ3v) is 5.38. The maximum absolute atomic E-state index is 14.3. The number of amides is 1. The molecular formula is C22H23F2N5O. The van der Waals surface area contributed by atoms with Crippen molar-refractivity contribution in [2.45, 2.75) is 32.7 Å². The molecule has 1 atom stereocenters. The van der Waals surface area contributed by atoms with E-state index in [1.54, 1.807) is 25.1 Å². The lowest BCUT2D eigenvalue weighted by atomic mass is 10.0. The SMILES string of the molecule is Cc1ccc(F)c(N2CCCC(NC(=O)c3nnn(-c4ccc(F)cc4)c3C)C2)c1. The summed E-state index contributed by atoms with van der Waals surface area (Å²) >= 11 is 0. The van der Waals surface area contributed by atoms with Gasteiger partial charge in [-0.25, -0.2) is 13.5 Å². The Kier molecular flexibility index (Phi) is 5.48. The highest BCUT2D eigenvalue weighted by Gasteiger charge is 2.26. The summed E-state index contributed by atoms with van der Waals surface area (Å²) in [6, 6.07) is 10.7. The van der Waals surface area contributed by atoms with Crippen LogP contribution in [0.4, 0.5) is 14.5 Å². The molecule has 1 unspecified atom stereocenters. The number of nitrogens with one attached hydrogen (secondary N) is 1. The Balaban J connectivity index is 1.47. The van der Waals surface area contributed by atoms with Crippen LogP contribution in [0.2, 0.25) is 0 Å². The summed E-state index contributed by atoms with van der Waals surface area (Å²) in [5.41, 5.74) is 2.96. The molecule has 2 aromatic carbocycles. The number of carbonyl (C=O) groups is 1. The first kappa shape index (κ1) is 20.0. The van der Waals surface area contributed by atoms with Gasteiger partial charge in [-0.1, -0.05) is 11.3 Å². The molecule has 6 nitrogen and oxygen atoms in total. The van der Waals surface area contributed by atoms with Crippen LogP contribution in [-0.2, 0) is 0 Å². The lowest BCUT2D eigenvalue weighted by Crippen LogP contribution is -2.48. The molecule has 1 fully saturated rings. The van der Waals surface area contributed by atoms with Gasteiger partial charge in [0.25, 0.3) is 5.91 Å². The van der Waals surface area contributed by atoms with Crippen molar-refractivity contribution in [3.05, 3.63) is 71.1 Å². The predicted molar refractivity (Wildman–Crippen MR) is 110 cm³/mol. The molecule has 4 rings (SSSR count). The van der Waals surface area contributed by atoms with Crippen LogP contribution in [0.3, 0.4) is 0 Å². The number of rotatable bonds is 4. The second-order valence-corrected chi connectivity index (χ2v) is 7.63. The Morgan fingerprint density at radius 1 is 1.13 bits per heavy atom. The van der Waals surface area contributed by atoms with Crippen molar-refractivity contribution >= 4 is 11.6 Å². The van der Waals surface area contributed by atoms with Gasteiger partial charge in [-0.05, 0) is 68.7 Å². The zero-order valence-electron chi connectivity index (χ0n) is 16.9. The quantitative estimate of drug-likeness (QED) is 0.713. The fourth-order valence-electron chi connectivity index (χ4n) is 3.80. The maximum Gasteiger partial charge on any atom is 0.274 e. The molecule has 0 bridgehead atoms. The van der Waals surface area contributed by atoms with E-state index in [9.17, 15) is 13.6 Å². The van der Waals surface area contributed by atoms with Crippen molar-refractivity contribution in [1.82, 2.24) is 20.3 Å². The van der Waals surface area contributed by atoms with Gasteiger partial charge in [-0.3, -0.25) is 4.79 Å². The zero-order chi connectivity index (χ0) is 21.3. The normalized spacial score (nSPS) is 16.5. The van der Waals surface area contributed by atoms with E-state index in [0.29, 0.717) is 23.6 Å². The van der Waals surface area contributed by atoms with Crippen molar-refractivity contribution in [3.63, 3.8) is 0 Å². The first-order valence-corrected chi connectivity index (χ1v) is 9.92. The molecule has 3 aromatic rings. The van der Waals surface area contributed by atoms with Gasteiger partial charge in [-0.15, -0.1) is 5.10 Å². The smallest absolute Gasteiger partial charge is 0.274 e. The van der Waals surface area contributed by atoms with E-state index >= 15 is 0 Å². The van der Waals surface area contributed by atoms with Gasteiger partial charge in [-0.2, -0.15) is 0 Å². The molecule has 1 aliphatic rings. The van der Waals surface area contributed by atoms with Crippen molar-refractivity contribution in [2.24, 2.45) is 0 Å². The monoisotopic (exact) mass is 411 g/mol. The number of piperidine rings is 1. The molecule has 156 valence electrons. The van der Waals surface area contributed by atoms with Crippen LogP contribution in [0, 0.1) is 25.5 Å². The second kappa shape index (κ2) is 8.22. The lowest BCUT2D eigenvalue weighted by molar-refractivity contribution is 0.0927. The minimum atomic E-state index is -0.346. The number of aromatic nitrogens is 3. The van der Waals surface area contributed by atoms with Gasteiger partial charge in [0, 0.05) is 19.1 Å². The van der Waals surface area contributed by atoms with Crippen LogP contribution < -0.4 is 10.2 Å². The maximum atomic E-state index is 14.3. The number of halogens is 2. The summed E-state index contributed by atoms with van der Waals surface area (Å²) in [5, 5.41) is 11.1. The largest absolute Gasteiger partial charge is 0.367 e. The van der Waals surface area contributed by atoms with Crippen LogP contribution in [0.25, 0.3) is 5.69 Å². The second-order valence-electron chi connectivity index (χ2n) is 7.63.